The van der Waals surface area contributed by atoms with Crippen molar-refractivity contribution >= 4 is 23.0 Å². The highest BCUT2D eigenvalue weighted by Gasteiger charge is 2.42. The van der Waals surface area contributed by atoms with Gasteiger partial charge >= 0.3 is 0 Å². The summed E-state index contributed by atoms with van der Waals surface area (Å²) >= 11 is 0. The quantitative estimate of drug-likeness (QED) is 0.574. The van der Waals surface area contributed by atoms with Crippen LogP contribution in [0.3, 0.4) is 0 Å². The summed E-state index contributed by atoms with van der Waals surface area (Å²) in [6.07, 6.45) is 0.454. The van der Waals surface area contributed by atoms with Gasteiger partial charge in [0.15, 0.2) is 0 Å². The lowest BCUT2D eigenvalue weighted by Gasteiger charge is -2.49. The van der Waals surface area contributed by atoms with Gasteiger partial charge in [-0.05, 0) is 36.1 Å². The van der Waals surface area contributed by atoms with Gasteiger partial charge in [-0.3, -0.25) is 14.9 Å². The fraction of sp³-hybridized carbons (Fsp3) is 0.417. The molecule has 0 bridgehead atoms. The average molecular weight is 434 g/mol. The summed E-state index contributed by atoms with van der Waals surface area (Å²) in [6.45, 7) is 6.66. The molecule has 2 atom stereocenters. The van der Waals surface area contributed by atoms with Crippen LogP contribution in [0.15, 0.2) is 42.5 Å². The first-order valence-corrected chi connectivity index (χ1v) is 10.9. The van der Waals surface area contributed by atoms with E-state index in [9.17, 15) is 20.2 Å². The minimum Gasteiger partial charge on any atom is -0.367 e. The van der Waals surface area contributed by atoms with Gasteiger partial charge in [-0.2, -0.15) is 5.26 Å². The SMILES string of the molecule is CC(C)CNC(=O)[C@@H]1Cc2cc([N+](=O)[O-])ccc2N2CCN(c3ccccc3C#N)C[C@@H]12. The number of hydrogen-bond acceptors (Lipinski definition) is 6. The number of carbonyl (C=O) groups is 1. The lowest BCUT2D eigenvalue weighted by molar-refractivity contribution is -0.384. The lowest BCUT2D eigenvalue weighted by Crippen LogP contribution is -2.61. The van der Waals surface area contributed by atoms with Crippen LogP contribution >= 0.6 is 0 Å². The maximum absolute atomic E-state index is 13.2. The third kappa shape index (κ3) is 4.11. The number of anilines is 2. The van der Waals surface area contributed by atoms with Gasteiger partial charge in [0.25, 0.3) is 5.69 Å². The molecule has 0 aromatic heterocycles. The Labute approximate surface area is 187 Å². The van der Waals surface area contributed by atoms with Gasteiger partial charge in [-0.15, -0.1) is 0 Å². The first-order valence-electron chi connectivity index (χ1n) is 10.9. The number of nitrogens with zero attached hydrogens (tertiary/aromatic N) is 4. The number of amides is 1. The van der Waals surface area contributed by atoms with E-state index in [-0.39, 0.29) is 23.6 Å². The second-order valence-corrected chi connectivity index (χ2v) is 8.86. The summed E-state index contributed by atoms with van der Waals surface area (Å²) in [5, 5.41) is 23.9. The van der Waals surface area contributed by atoms with E-state index in [1.807, 2.05) is 44.2 Å². The molecule has 2 aromatic rings. The third-order valence-corrected chi connectivity index (χ3v) is 6.29. The summed E-state index contributed by atoms with van der Waals surface area (Å²) in [5.74, 6) is -0.0287. The van der Waals surface area contributed by atoms with Crippen molar-refractivity contribution in [1.82, 2.24) is 5.32 Å². The van der Waals surface area contributed by atoms with Crippen LogP contribution in [-0.2, 0) is 11.2 Å². The van der Waals surface area contributed by atoms with Crippen LogP contribution < -0.4 is 15.1 Å². The van der Waals surface area contributed by atoms with Crippen molar-refractivity contribution in [3.63, 3.8) is 0 Å². The molecule has 1 fully saturated rings. The maximum Gasteiger partial charge on any atom is 0.269 e. The first-order chi connectivity index (χ1) is 15.4. The van der Waals surface area contributed by atoms with E-state index in [2.05, 4.69) is 21.2 Å². The van der Waals surface area contributed by atoms with Crippen molar-refractivity contribution in [1.29, 1.82) is 5.26 Å². The van der Waals surface area contributed by atoms with Crippen LogP contribution in [0.2, 0.25) is 0 Å². The Bertz CT molecular complexity index is 1080. The van der Waals surface area contributed by atoms with Gasteiger partial charge in [0.05, 0.1) is 28.1 Å². The molecular formula is C24H27N5O3. The number of benzene rings is 2. The van der Waals surface area contributed by atoms with E-state index >= 15 is 0 Å². The number of nitriles is 1. The molecule has 1 amide bonds. The minimum atomic E-state index is -0.392. The molecule has 8 nitrogen and oxygen atoms in total. The number of piperazine rings is 1. The number of carbonyl (C=O) groups excluding carboxylic acids is 1. The van der Waals surface area contributed by atoms with Gasteiger partial charge < -0.3 is 15.1 Å². The van der Waals surface area contributed by atoms with Crippen LogP contribution in [-0.4, -0.2) is 43.1 Å². The van der Waals surface area contributed by atoms with Crippen LogP contribution in [0, 0.1) is 33.3 Å². The molecule has 0 radical (unpaired) electrons. The van der Waals surface area contributed by atoms with Crippen molar-refractivity contribution in [2.24, 2.45) is 11.8 Å². The highest BCUT2D eigenvalue weighted by molar-refractivity contribution is 5.82. The zero-order valence-corrected chi connectivity index (χ0v) is 18.3. The van der Waals surface area contributed by atoms with Gasteiger partial charge in [-0.1, -0.05) is 26.0 Å². The van der Waals surface area contributed by atoms with Crippen molar-refractivity contribution in [2.45, 2.75) is 26.3 Å². The molecular weight excluding hydrogens is 406 g/mol. The van der Waals surface area contributed by atoms with E-state index in [0.717, 1.165) is 16.9 Å². The van der Waals surface area contributed by atoms with Crippen LogP contribution in [0.1, 0.15) is 25.0 Å². The van der Waals surface area contributed by atoms with E-state index in [0.29, 0.717) is 44.1 Å². The molecule has 2 aliphatic heterocycles. The topological polar surface area (TPSA) is 103 Å². The molecule has 0 spiro atoms. The molecule has 1 saturated heterocycles. The second kappa shape index (κ2) is 8.87. The zero-order valence-electron chi connectivity index (χ0n) is 18.3. The van der Waals surface area contributed by atoms with Crippen LogP contribution in [0.4, 0.5) is 17.1 Å². The molecule has 32 heavy (non-hydrogen) atoms. The Balaban J connectivity index is 1.68. The van der Waals surface area contributed by atoms with Gasteiger partial charge in [0.2, 0.25) is 5.91 Å². The van der Waals surface area contributed by atoms with Gasteiger partial charge in [0, 0.05) is 44.0 Å². The molecule has 4 rings (SSSR count). The van der Waals surface area contributed by atoms with Gasteiger partial charge in [-0.25, -0.2) is 0 Å². The number of nitro groups is 1. The number of hydrogen-bond donors (Lipinski definition) is 1. The summed E-state index contributed by atoms with van der Waals surface area (Å²) < 4.78 is 0. The van der Waals surface area contributed by atoms with Crippen LogP contribution in [0.25, 0.3) is 0 Å². The number of para-hydroxylation sites is 1. The molecule has 0 unspecified atom stereocenters. The van der Waals surface area contributed by atoms with E-state index in [1.54, 1.807) is 6.07 Å². The Kier molecular flexibility index (Phi) is 5.99. The molecule has 166 valence electrons. The summed E-state index contributed by atoms with van der Waals surface area (Å²) in [4.78, 5) is 28.5. The number of fused-ring (bicyclic) bond motifs is 3. The smallest absolute Gasteiger partial charge is 0.269 e. The predicted molar refractivity (Wildman–Crippen MR) is 123 cm³/mol. The highest BCUT2D eigenvalue weighted by Crippen LogP contribution is 2.39. The number of nitrogens with one attached hydrogen (secondary N) is 1. The fourth-order valence-corrected chi connectivity index (χ4v) is 4.72. The molecule has 8 heteroatoms. The van der Waals surface area contributed by atoms with Gasteiger partial charge in [0.1, 0.15) is 6.07 Å². The van der Waals surface area contributed by atoms with Crippen molar-refractivity contribution in [2.75, 3.05) is 36.0 Å². The largest absolute Gasteiger partial charge is 0.367 e. The molecule has 2 aliphatic rings. The number of rotatable bonds is 5. The number of non-ortho nitro benzene ring substituents is 1. The number of nitro benzene ring substituents is 1. The first kappa shape index (κ1) is 21.6. The fourth-order valence-electron chi connectivity index (χ4n) is 4.72. The maximum atomic E-state index is 13.2. The van der Waals surface area contributed by atoms with Crippen molar-refractivity contribution in [3.8, 4) is 6.07 Å². The molecule has 2 aromatic carbocycles. The monoisotopic (exact) mass is 433 g/mol. The standard InChI is InChI=1S/C24H27N5O3/c1-16(2)14-26-24(30)20-12-18-11-19(29(31)32)7-8-22(18)28-10-9-27(15-23(20)28)21-6-4-3-5-17(21)13-25/h3-8,11,16,20,23H,9-10,12,14-15H2,1-2H3,(H,26,30)/t20-,23+/m1/s1. The lowest BCUT2D eigenvalue weighted by atomic mass is 9.83. The normalized spacial score (nSPS) is 19.7. The van der Waals surface area contributed by atoms with E-state index in [4.69, 9.17) is 0 Å². The predicted octanol–water partition coefficient (Wildman–Crippen LogP) is 3.11. The second-order valence-electron chi connectivity index (χ2n) is 8.86. The molecule has 0 saturated carbocycles. The van der Waals surface area contributed by atoms with Crippen molar-refractivity contribution < 1.29 is 9.72 Å². The Morgan fingerprint density at radius 3 is 2.75 bits per heavy atom. The van der Waals surface area contributed by atoms with Crippen LogP contribution in [0.5, 0.6) is 0 Å². The Hall–Kier alpha value is -3.60. The average Bonchev–Trinajstić information content (AvgIpc) is 2.81. The molecule has 2 heterocycles. The Morgan fingerprint density at radius 1 is 1.25 bits per heavy atom. The minimum absolute atomic E-state index is 0.0266. The highest BCUT2D eigenvalue weighted by atomic mass is 16.6. The Morgan fingerprint density at radius 2 is 2.03 bits per heavy atom. The third-order valence-electron chi connectivity index (χ3n) is 6.29. The summed E-state index contributed by atoms with van der Waals surface area (Å²) in [7, 11) is 0. The molecule has 1 N–H and O–H groups in total. The summed E-state index contributed by atoms with van der Waals surface area (Å²) in [6, 6.07) is 14.7. The van der Waals surface area contributed by atoms with E-state index in [1.165, 1.54) is 6.07 Å². The zero-order chi connectivity index (χ0) is 22.8. The van der Waals surface area contributed by atoms with Crippen molar-refractivity contribution in [3.05, 3.63) is 63.7 Å². The molecule has 0 aliphatic carbocycles. The van der Waals surface area contributed by atoms with E-state index < -0.39 is 4.92 Å². The summed E-state index contributed by atoms with van der Waals surface area (Å²) in [5.41, 5.74) is 3.34.